The van der Waals surface area contributed by atoms with Gasteiger partial charge in [0.2, 0.25) is 5.91 Å². The third-order valence-electron chi connectivity index (χ3n) is 4.28. The first-order valence-corrected chi connectivity index (χ1v) is 9.08. The van der Waals surface area contributed by atoms with Gasteiger partial charge in [-0.3, -0.25) is 14.2 Å². The largest absolute Gasteiger partial charge is 0.326 e. The molecule has 1 aromatic carbocycles. The number of nitrogens with zero attached hydrogens (tertiary/aromatic N) is 2. The van der Waals surface area contributed by atoms with Crippen LogP contribution < -0.4 is 10.9 Å². The van der Waals surface area contributed by atoms with Gasteiger partial charge in [0.15, 0.2) is 0 Å². The van der Waals surface area contributed by atoms with Gasteiger partial charge < -0.3 is 5.32 Å². The Hall–Kier alpha value is -2.18. The molecular weight excluding hydrogens is 358 g/mol. The summed E-state index contributed by atoms with van der Waals surface area (Å²) in [6.07, 6.45) is 1.69. The maximum absolute atomic E-state index is 12.6. The first-order chi connectivity index (χ1) is 11.9. The average molecular weight is 376 g/mol. The maximum Gasteiger partial charge on any atom is 0.262 e. The van der Waals surface area contributed by atoms with Gasteiger partial charge in [0.25, 0.3) is 5.56 Å². The summed E-state index contributed by atoms with van der Waals surface area (Å²) in [6, 6.07) is 5.36. The fourth-order valence-corrected chi connectivity index (χ4v) is 3.77. The number of carbonyl (C=O) groups excluding carboxylic acids is 1. The molecule has 0 aliphatic heterocycles. The molecule has 0 saturated heterocycles. The van der Waals surface area contributed by atoms with E-state index in [1.807, 2.05) is 20.8 Å². The van der Waals surface area contributed by atoms with Crippen LogP contribution in [0.15, 0.2) is 29.3 Å². The molecule has 25 heavy (non-hydrogen) atoms. The van der Waals surface area contributed by atoms with E-state index in [4.69, 9.17) is 11.6 Å². The standard InChI is InChI=1S/C18H18ClN3O2S/c1-10-12(3)25-17-16(10)18(24)22(9-20-17)8-7-15(23)21-14-6-4-5-13(19)11(14)2/h4-6,9H,7-8H2,1-3H3,(H,21,23). The summed E-state index contributed by atoms with van der Waals surface area (Å²) in [6.45, 7) is 6.03. The van der Waals surface area contributed by atoms with E-state index < -0.39 is 0 Å². The van der Waals surface area contributed by atoms with E-state index in [2.05, 4.69) is 10.3 Å². The molecule has 0 spiro atoms. The Morgan fingerprint density at radius 1 is 1.28 bits per heavy atom. The molecule has 3 rings (SSSR count). The highest BCUT2D eigenvalue weighted by Crippen LogP contribution is 2.25. The fourth-order valence-electron chi connectivity index (χ4n) is 2.61. The number of nitrogens with one attached hydrogen (secondary N) is 1. The molecule has 0 aliphatic carbocycles. The summed E-state index contributed by atoms with van der Waals surface area (Å²) in [7, 11) is 0. The Kier molecular flexibility index (Phi) is 4.92. The highest BCUT2D eigenvalue weighted by atomic mass is 35.5. The van der Waals surface area contributed by atoms with Crippen molar-refractivity contribution in [2.24, 2.45) is 0 Å². The molecule has 0 aliphatic rings. The van der Waals surface area contributed by atoms with Crippen LogP contribution in [0.25, 0.3) is 10.2 Å². The Bertz CT molecular complexity index is 1020. The molecule has 0 atom stereocenters. The van der Waals surface area contributed by atoms with Crippen LogP contribution in [0.1, 0.15) is 22.4 Å². The van der Waals surface area contributed by atoms with Crippen molar-refractivity contribution in [3.63, 3.8) is 0 Å². The highest BCUT2D eigenvalue weighted by Gasteiger charge is 2.13. The number of hydrogen-bond acceptors (Lipinski definition) is 4. The molecule has 0 saturated carbocycles. The fraction of sp³-hybridized carbons (Fsp3) is 0.278. The van der Waals surface area contributed by atoms with Crippen molar-refractivity contribution in [2.75, 3.05) is 5.32 Å². The lowest BCUT2D eigenvalue weighted by Crippen LogP contribution is -2.23. The second-order valence-electron chi connectivity index (χ2n) is 5.92. The van der Waals surface area contributed by atoms with Crippen LogP contribution in [0.5, 0.6) is 0 Å². The van der Waals surface area contributed by atoms with E-state index in [0.29, 0.717) is 16.1 Å². The number of anilines is 1. The van der Waals surface area contributed by atoms with Gasteiger partial charge in [-0.2, -0.15) is 0 Å². The van der Waals surface area contributed by atoms with Crippen molar-refractivity contribution >= 4 is 44.7 Å². The summed E-state index contributed by atoms with van der Waals surface area (Å²) in [4.78, 5) is 31.0. The molecule has 130 valence electrons. The molecule has 7 heteroatoms. The van der Waals surface area contributed by atoms with Crippen molar-refractivity contribution in [2.45, 2.75) is 33.7 Å². The summed E-state index contributed by atoms with van der Waals surface area (Å²) >= 11 is 7.57. The van der Waals surface area contributed by atoms with Crippen LogP contribution in [0.4, 0.5) is 5.69 Å². The molecule has 0 bridgehead atoms. The van der Waals surface area contributed by atoms with Gasteiger partial charge in [0.05, 0.1) is 11.7 Å². The molecule has 2 aromatic heterocycles. The maximum atomic E-state index is 12.6. The molecule has 0 fully saturated rings. The van der Waals surface area contributed by atoms with Gasteiger partial charge in [-0.25, -0.2) is 4.98 Å². The van der Waals surface area contributed by atoms with Crippen LogP contribution in [-0.4, -0.2) is 15.5 Å². The van der Waals surface area contributed by atoms with Crippen molar-refractivity contribution in [3.05, 3.63) is 55.9 Å². The van der Waals surface area contributed by atoms with Gasteiger partial charge >= 0.3 is 0 Å². The summed E-state index contributed by atoms with van der Waals surface area (Å²) in [5, 5.41) is 4.09. The van der Waals surface area contributed by atoms with Crippen LogP contribution in [0, 0.1) is 20.8 Å². The van der Waals surface area contributed by atoms with Crippen LogP contribution in [-0.2, 0) is 11.3 Å². The van der Waals surface area contributed by atoms with Gasteiger partial charge in [0.1, 0.15) is 4.83 Å². The zero-order chi connectivity index (χ0) is 18.1. The summed E-state index contributed by atoms with van der Waals surface area (Å²) < 4.78 is 1.49. The van der Waals surface area contributed by atoms with Crippen molar-refractivity contribution in [1.82, 2.24) is 9.55 Å². The Balaban J connectivity index is 1.75. The smallest absolute Gasteiger partial charge is 0.262 e. The van der Waals surface area contributed by atoms with Gasteiger partial charge in [-0.05, 0) is 44.0 Å². The predicted molar refractivity (Wildman–Crippen MR) is 103 cm³/mol. The minimum atomic E-state index is -0.171. The van der Waals surface area contributed by atoms with E-state index in [9.17, 15) is 9.59 Å². The third kappa shape index (κ3) is 3.45. The molecule has 0 unspecified atom stereocenters. The lowest BCUT2D eigenvalue weighted by atomic mass is 10.2. The zero-order valence-corrected chi connectivity index (χ0v) is 15.8. The average Bonchev–Trinajstić information content (AvgIpc) is 2.86. The Morgan fingerprint density at radius 3 is 2.80 bits per heavy atom. The minimum Gasteiger partial charge on any atom is -0.326 e. The minimum absolute atomic E-state index is 0.0985. The quantitative estimate of drug-likeness (QED) is 0.747. The van der Waals surface area contributed by atoms with Gasteiger partial charge in [0, 0.05) is 28.6 Å². The monoisotopic (exact) mass is 375 g/mol. The lowest BCUT2D eigenvalue weighted by molar-refractivity contribution is -0.116. The molecule has 5 nitrogen and oxygen atoms in total. The number of amides is 1. The third-order valence-corrected chi connectivity index (χ3v) is 5.80. The van der Waals surface area contributed by atoms with E-state index in [-0.39, 0.29) is 24.4 Å². The lowest BCUT2D eigenvalue weighted by Gasteiger charge is -2.10. The normalized spacial score (nSPS) is 11.0. The first-order valence-electron chi connectivity index (χ1n) is 7.88. The van der Waals surface area contributed by atoms with E-state index in [1.165, 1.54) is 22.2 Å². The Morgan fingerprint density at radius 2 is 2.04 bits per heavy atom. The van der Waals surface area contributed by atoms with Crippen molar-refractivity contribution < 1.29 is 4.79 Å². The molecule has 0 radical (unpaired) electrons. The van der Waals surface area contributed by atoms with E-state index in [0.717, 1.165) is 20.8 Å². The molecule has 3 aromatic rings. The van der Waals surface area contributed by atoms with E-state index >= 15 is 0 Å². The number of hydrogen-bond donors (Lipinski definition) is 1. The SMILES string of the molecule is Cc1sc2ncn(CCC(=O)Nc3cccc(Cl)c3C)c(=O)c2c1C. The number of rotatable bonds is 4. The van der Waals surface area contributed by atoms with Crippen molar-refractivity contribution in [3.8, 4) is 0 Å². The molecule has 1 N–H and O–H groups in total. The molecule has 1 amide bonds. The van der Waals surface area contributed by atoms with E-state index in [1.54, 1.807) is 18.2 Å². The van der Waals surface area contributed by atoms with Gasteiger partial charge in [-0.1, -0.05) is 17.7 Å². The van der Waals surface area contributed by atoms with Gasteiger partial charge in [-0.15, -0.1) is 11.3 Å². The number of thiophene rings is 1. The first kappa shape index (κ1) is 17.6. The van der Waals surface area contributed by atoms with Crippen LogP contribution >= 0.6 is 22.9 Å². The van der Waals surface area contributed by atoms with Crippen molar-refractivity contribution in [1.29, 1.82) is 0 Å². The zero-order valence-electron chi connectivity index (χ0n) is 14.2. The summed E-state index contributed by atoms with van der Waals surface area (Å²) in [5.41, 5.74) is 2.37. The number of fused-ring (bicyclic) bond motifs is 1. The summed E-state index contributed by atoms with van der Waals surface area (Å²) in [5.74, 6) is -0.171. The number of aryl methyl sites for hydroxylation is 3. The topological polar surface area (TPSA) is 64.0 Å². The number of halogens is 1. The second-order valence-corrected chi connectivity index (χ2v) is 7.53. The number of aromatic nitrogens is 2. The molecule has 2 heterocycles. The molecular formula is C18H18ClN3O2S. The predicted octanol–water partition coefficient (Wildman–Crippen LogP) is 4.07. The number of benzene rings is 1. The van der Waals surface area contributed by atoms with Crippen LogP contribution in [0.3, 0.4) is 0 Å². The second kappa shape index (κ2) is 6.98. The number of carbonyl (C=O) groups is 1. The van der Waals surface area contributed by atoms with Crippen LogP contribution in [0.2, 0.25) is 5.02 Å². The highest BCUT2D eigenvalue weighted by molar-refractivity contribution is 7.18. The Labute approximate surface area is 154 Å².